The standard InChI is InChI=1S/C16H29N.CHF3O3S/c1-3-5-6-7-8-9-10-13-17-14-12-16(15-17)11-4-2;2-1(3,4)8(5,6)7/h12,14-15H,3-11,13H2,1-2H3;(H,5,6,7). The molecule has 1 rings (SSSR count). The van der Waals surface area contributed by atoms with Gasteiger partial charge in [-0.1, -0.05) is 58.8 Å². The van der Waals surface area contributed by atoms with Gasteiger partial charge in [0, 0.05) is 18.9 Å². The predicted octanol–water partition coefficient (Wildman–Crippen LogP) is 5.59. The lowest BCUT2D eigenvalue weighted by Crippen LogP contribution is -2.21. The van der Waals surface area contributed by atoms with Crippen LogP contribution in [-0.4, -0.2) is 23.0 Å². The van der Waals surface area contributed by atoms with Crippen molar-refractivity contribution in [1.82, 2.24) is 4.57 Å². The maximum Gasteiger partial charge on any atom is 0.522 e. The first-order chi connectivity index (χ1) is 11.6. The summed E-state index contributed by atoms with van der Waals surface area (Å²) in [6.07, 6.45) is 16.8. The second kappa shape index (κ2) is 12.4. The highest BCUT2D eigenvalue weighted by atomic mass is 32.2. The minimum Gasteiger partial charge on any atom is -0.354 e. The molecule has 0 atom stereocenters. The van der Waals surface area contributed by atoms with Gasteiger partial charge in [-0.2, -0.15) is 21.6 Å². The second-order valence-corrected chi connectivity index (χ2v) is 7.46. The van der Waals surface area contributed by atoms with Gasteiger partial charge in [0.05, 0.1) is 0 Å². The number of hydrogen-bond acceptors (Lipinski definition) is 2. The molecule has 0 fully saturated rings. The molecule has 1 heterocycles. The SMILES string of the molecule is CCCCCCCCCn1ccc(CCC)c1.O=S(=O)(O)C(F)(F)F. The Labute approximate surface area is 149 Å². The van der Waals surface area contributed by atoms with Crippen LogP contribution in [0.3, 0.4) is 0 Å². The molecule has 1 aromatic heterocycles. The van der Waals surface area contributed by atoms with E-state index in [1.165, 1.54) is 69.9 Å². The van der Waals surface area contributed by atoms with E-state index in [2.05, 4.69) is 36.9 Å². The smallest absolute Gasteiger partial charge is 0.354 e. The van der Waals surface area contributed by atoms with E-state index in [0.29, 0.717) is 0 Å². The van der Waals surface area contributed by atoms with Crippen LogP contribution in [0.15, 0.2) is 18.5 Å². The molecule has 0 radical (unpaired) electrons. The summed E-state index contributed by atoms with van der Waals surface area (Å²) in [5, 5.41) is 0. The van der Waals surface area contributed by atoms with Gasteiger partial charge in [-0.15, -0.1) is 0 Å². The van der Waals surface area contributed by atoms with Crippen LogP contribution >= 0.6 is 0 Å². The van der Waals surface area contributed by atoms with Gasteiger partial charge in [-0.05, 0) is 24.5 Å². The van der Waals surface area contributed by atoms with Gasteiger partial charge in [0.15, 0.2) is 0 Å². The van der Waals surface area contributed by atoms with Crippen LogP contribution in [0.1, 0.15) is 70.8 Å². The zero-order chi connectivity index (χ0) is 19.3. The fraction of sp³-hybridized carbons (Fsp3) is 0.765. The highest BCUT2D eigenvalue weighted by Gasteiger charge is 2.44. The highest BCUT2D eigenvalue weighted by molar-refractivity contribution is 7.86. The lowest BCUT2D eigenvalue weighted by molar-refractivity contribution is -0.0510. The zero-order valence-corrected chi connectivity index (χ0v) is 15.9. The molecular formula is C17H30F3NO3S. The van der Waals surface area contributed by atoms with E-state index in [4.69, 9.17) is 13.0 Å². The molecular weight excluding hydrogens is 355 g/mol. The molecule has 4 nitrogen and oxygen atoms in total. The van der Waals surface area contributed by atoms with Gasteiger partial charge < -0.3 is 4.57 Å². The first-order valence-electron chi connectivity index (χ1n) is 8.80. The summed E-state index contributed by atoms with van der Waals surface area (Å²) in [6, 6.07) is 2.27. The molecule has 0 unspecified atom stereocenters. The Morgan fingerprint density at radius 3 is 2.00 bits per heavy atom. The number of aromatic nitrogens is 1. The van der Waals surface area contributed by atoms with E-state index < -0.39 is 15.6 Å². The van der Waals surface area contributed by atoms with E-state index in [-0.39, 0.29) is 0 Å². The summed E-state index contributed by atoms with van der Waals surface area (Å²) in [5.41, 5.74) is -4.04. The lowest BCUT2D eigenvalue weighted by Gasteiger charge is -2.03. The van der Waals surface area contributed by atoms with Gasteiger partial charge in [-0.3, -0.25) is 4.55 Å². The van der Waals surface area contributed by atoms with Crippen LogP contribution in [0.5, 0.6) is 0 Å². The molecule has 0 amide bonds. The Kier molecular flexibility index (Phi) is 11.8. The minimum absolute atomic E-state index is 1.21. The monoisotopic (exact) mass is 385 g/mol. The average molecular weight is 385 g/mol. The Morgan fingerprint density at radius 1 is 1.00 bits per heavy atom. The van der Waals surface area contributed by atoms with E-state index in [1.807, 2.05) is 0 Å². The normalized spacial score (nSPS) is 11.9. The third-order valence-corrected chi connectivity index (χ3v) is 4.25. The number of halogens is 3. The Bertz CT molecular complexity index is 554. The van der Waals surface area contributed by atoms with Crippen LogP contribution in [-0.2, 0) is 23.1 Å². The van der Waals surface area contributed by atoms with Crippen molar-refractivity contribution in [1.29, 1.82) is 0 Å². The van der Waals surface area contributed by atoms with Crippen molar-refractivity contribution >= 4 is 10.1 Å². The lowest BCUT2D eigenvalue weighted by atomic mass is 10.1. The minimum atomic E-state index is -5.84. The quantitative estimate of drug-likeness (QED) is 0.325. The van der Waals surface area contributed by atoms with E-state index in [1.54, 1.807) is 0 Å². The molecule has 25 heavy (non-hydrogen) atoms. The van der Waals surface area contributed by atoms with Crippen molar-refractivity contribution in [2.24, 2.45) is 0 Å². The molecule has 1 aromatic rings. The number of rotatable bonds is 10. The zero-order valence-electron chi connectivity index (χ0n) is 15.1. The number of nitrogens with zero attached hydrogens (tertiary/aromatic N) is 1. The van der Waals surface area contributed by atoms with Gasteiger partial charge in [-0.25, -0.2) is 0 Å². The fourth-order valence-electron chi connectivity index (χ4n) is 2.32. The van der Waals surface area contributed by atoms with Crippen molar-refractivity contribution in [2.75, 3.05) is 0 Å². The molecule has 0 aromatic carbocycles. The van der Waals surface area contributed by atoms with Gasteiger partial charge in [0.2, 0.25) is 0 Å². The summed E-state index contributed by atoms with van der Waals surface area (Å²) < 4.78 is 59.9. The molecule has 0 bridgehead atoms. The highest BCUT2D eigenvalue weighted by Crippen LogP contribution is 2.20. The Balaban J connectivity index is 0.000000609. The summed E-state index contributed by atoms with van der Waals surface area (Å²) >= 11 is 0. The largest absolute Gasteiger partial charge is 0.522 e. The second-order valence-electron chi connectivity index (χ2n) is 6.05. The number of aryl methyl sites for hydroxylation is 2. The van der Waals surface area contributed by atoms with Crippen LogP contribution in [0.2, 0.25) is 0 Å². The Hall–Kier alpha value is -1.02. The molecule has 1 N–H and O–H groups in total. The van der Waals surface area contributed by atoms with E-state index in [9.17, 15) is 13.2 Å². The van der Waals surface area contributed by atoms with Crippen LogP contribution in [0.4, 0.5) is 13.2 Å². The topological polar surface area (TPSA) is 59.3 Å². The first kappa shape index (κ1) is 24.0. The van der Waals surface area contributed by atoms with Crippen molar-refractivity contribution in [3.05, 3.63) is 24.0 Å². The molecule has 0 saturated carbocycles. The molecule has 0 spiro atoms. The summed E-state index contributed by atoms with van der Waals surface area (Å²) in [7, 11) is -5.84. The summed E-state index contributed by atoms with van der Waals surface area (Å²) in [4.78, 5) is 0. The third kappa shape index (κ3) is 12.0. The summed E-state index contributed by atoms with van der Waals surface area (Å²) in [6.45, 7) is 5.73. The van der Waals surface area contributed by atoms with Crippen molar-refractivity contribution in [3.8, 4) is 0 Å². The maximum absolute atomic E-state index is 10.7. The molecule has 0 saturated heterocycles. The summed E-state index contributed by atoms with van der Waals surface area (Å²) in [5.74, 6) is 0. The third-order valence-electron chi connectivity index (χ3n) is 3.66. The maximum atomic E-state index is 10.7. The van der Waals surface area contributed by atoms with Crippen LogP contribution < -0.4 is 0 Å². The van der Waals surface area contributed by atoms with Crippen molar-refractivity contribution < 1.29 is 26.1 Å². The van der Waals surface area contributed by atoms with E-state index >= 15 is 0 Å². The van der Waals surface area contributed by atoms with Crippen LogP contribution in [0, 0.1) is 0 Å². The average Bonchev–Trinajstić information content (AvgIpc) is 2.93. The van der Waals surface area contributed by atoms with Crippen molar-refractivity contribution in [2.45, 2.75) is 83.7 Å². The molecule has 8 heteroatoms. The van der Waals surface area contributed by atoms with Crippen molar-refractivity contribution in [3.63, 3.8) is 0 Å². The van der Waals surface area contributed by atoms with Gasteiger partial charge in [0.25, 0.3) is 0 Å². The Morgan fingerprint density at radius 2 is 1.52 bits per heavy atom. The number of alkyl halides is 3. The fourth-order valence-corrected chi connectivity index (χ4v) is 2.32. The molecule has 0 aliphatic carbocycles. The number of hydrogen-bond donors (Lipinski definition) is 1. The van der Waals surface area contributed by atoms with Gasteiger partial charge >= 0.3 is 15.6 Å². The van der Waals surface area contributed by atoms with E-state index in [0.717, 1.165) is 0 Å². The van der Waals surface area contributed by atoms with Gasteiger partial charge in [0.1, 0.15) is 0 Å². The van der Waals surface area contributed by atoms with Crippen LogP contribution in [0.25, 0.3) is 0 Å². The number of unbranched alkanes of at least 4 members (excludes halogenated alkanes) is 6. The molecule has 0 aliphatic heterocycles. The molecule has 0 aliphatic rings. The predicted molar refractivity (Wildman–Crippen MR) is 94.0 cm³/mol. The first-order valence-corrected chi connectivity index (χ1v) is 10.2. The molecule has 148 valence electrons.